The fourth-order valence-corrected chi connectivity index (χ4v) is 2.56. The van der Waals surface area contributed by atoms with E-state index in [4.69, 9.17) is 5.73 Å². The van der Waals surface area contributed by atoms with E-state index < -0.39 is 0 Å². The van der Waals surface area contributed by atoms with Gasteiger partial charge in [-0.05, 0) is 25.7 Å². The molecule has 0 spiro atoms. The molecule has 1 saturated heterocycles. The van der Waals surface area contributed by atoms with Gasteiger partial charge in [0.05, 0.1) is 0 Å². The van der Waals surface area contributed by atoms with Crippen LogP contribution in [0, 0.1) is 0 Å². The van der Waals surface area contributed by atoms with Crippen LogP contribution in [0.3, 0.4) is 0 Å². The first-order valence-electron chi connectivity index (χ1n) is 6.02. The molecule has 0 amide bonds. The third-order valence-electron chi connectivity index (χ3n) is 3.45. The molecule has 1 heterocycles. The number of likely N-dealkylation sites (tertiary alicyclic amines) is 1. The van der Waals surface area contributed by atoms with Crippen LogP contribution >= 0.6 is 0 Å². The van der Waals surface area contributed by atoms with E-state index >= 15 is 0 Å². The van der Waals surface area contributed by atoms with Crippen molar-refractivity contribution in [3.8, 4) is 0 Å². The number of nitrogens with zero attached hydrogens (tertiary/aromatic N) is 1. The fraction of sp³-hybridized carbons (Fsp3) is 0.833. The SMILES string of the molecule is N[C@H]1CCN(C2/C=C\CCCCC2)C1. The van der Waals surface area contributed by atoms with Crippen LogP contribution in [0.4, 0.5) is 0 Å². The van der Waals surface area contributed by atoms with Gasteiger partial charge in [-0.1, -0.05) is 25.0 Å². The van der Waals surface area contributed by atoms with Gasteiger partial charge in [-0.15, -0.1) is 0 Å². The summed E-state index contributed by atoms with van der Waals surface area (Å²) in [5.41, 5.74) is 5.94. The Kier molecular flexibility index (Phi) is 3.60. The van der Waals surface area contributed by atoms with Gasteiger partial charge in [-0.3, -0.25) is 4.90 Å². The summed E-state index contributed by atoms with van der Waals surface area (Å²) in [6, 6.07) is 1.11. The number of hydrogen-bond donors (Lipinski definition) is 1. The molecule has 0 aromatic rings. The van der Waals surface area contributed by atoms with Crippen molar-refractivity contribution < 1.29 is 0 Å². The van der Waals surface area contributed by atoms with E-state index in [1.54, 1.807) is 0 Å². The fourth-order valence-electron chi connectivity index (χ4n) is 2.56. The molecule has 2 nitrogen and oxygen atoms in total. The molecule has 14 heavy (non-hydrogen) atoms. The van der Waals surface area contributed by atoms with E-state index in [0.717, 1.165) is 6.54 Å². The third-order valence-corrected chi connectivity index (χ3v) is 3.45. The summed E-state index contributed by atoms with van der Waals surface area (Å²) in [7, 11) is 0. The molecule has 2 N–H and O–H groups in total. The average Bonchev–Trinajstić information content (AvgIpc) is 2.51. The molecule has 1 fully saturated rings. The van der Waals surface area contributed by atoms with Crippen LogP contribution in [0.25, 0.3) is 0 Å². The van der Waals surface area contributed by atoms with Gasteiger partial charge in [-0.2, -0.15) is 0 Å². The Bertz CT molecular complexity index is 200. The Morgan fingerprint density at radius 3 is 2.86 bits per heavy atom. The minimum absolute atomic E-state index is 0.425. The Labute approximate surface area is 87.2 Å². The summed E-state index contributed by atoms with van der Waals surface area (Å²) in [5, 5.41) is 0. The van der Waals surface area contributed by atoms with Crippen LogP contribution in [0.5, 0.6) is 0 Å². The molecule has 2 heteroatoms. The van der Waals surface area contributed by atoms with Crippen LogP contribution in [0.1, 0.15) is 38.5 Å². The molecule has 2 atom stereocenters. The Morgan fingerprint density at radius 2 is 2.07 bits per heavy atom. The average molecular weight is 194 g/mol. The highest BCUT2D eigenvalue weighted by atomic mass is 15.2. The molecular formula is C12H22N2. The number of nitrogens with two attached hydrogens (primary N) is 1. The van der Waals surface area contributed by atoms with E-state index in [2.05, 4.69) is 17.1 Å². The summed E-state index contributed by atoms with van der Waals surface area (Å²) in [5.74, 6) is 0. The molecule has 1 aliphatic carbocycles. The van der Waals surface area contributed by atoms with Crippen LogP contribution in [-0.2, 0) is 0 Å². The Balaban J connectivity index is 1.90. The lowest BCUT2D eigenvalue weighted by Gasteiger charge is -2.26. The lowest BCUT2D eigenvalue weighted by Crippen LogP contribution is -2.34. The molecule has 2 aliphatic rings. The quantitative estimate of drug-likeness (QED) is 0.646. The van der Waals surface area contributed by atoms with Crippen molar-refractivity contribution in [2.75, 3.05) is 13.1 Å². The summed E-state index contributed by atoms with van der Waals surface area (Å²) in [6.45, 7) is 2.31. The molecule has 1 aliphatic heterocycles. The summed E-state index contributed by atoms with van der Waals surface area (Å²) < 4.78 is 0. The highest BCUT2D eigenvalue weighted by molar-refractivity contribution is 4.98. The molecule has 80 valence electrons. The van der Waals surface area contributed by atoms with E-state index in [0.29, 0.717) is 12.1 Å². The Hall–Kier alpha value is -0.340. The topological polar surface area (TPSA) is 29.3 Å². The van der Waals surface area contributed by atoms with Crippen molar-refractivity contribution in [3.05, 3.63) is 12.2 Å². The zero-order valence-corrected chi connectivity index (χ0v) is 8.99. The molecule has 0 aromatic heterocycles. The monoisotopic (exact) mass is 194 g/mol. The Morgan fingerprint density at radius 1 is 1.14 bits per heavy atom. The zero-order valence-electron chi connectivity index (χ0n) is 8.99. The molecule has 0 radical (unpaired) electrons. The van der Waals surface area contributed by atoms with Gasteiger partial charge >= 0.3 is 0 Å². The van der Waals surface area contributed by atoms with Gasteiger partial charge in [0.1, 0.15) is 0 Å². The standard InChI is InChI=1S/C12H22N2/c13-11-8-9-14(10-11)12-6-4-2-1-3-5-7-12/h4,6,11-12H,1-3,5,7-10,13H2/b6-4-/t11-,12?/m0/s1. The smallest absolute Gasteiger partial charge is 0.0278 e. The predicted molar refractivity (Wildman–Crippen MR) is 60.2 cm³/mol. The normalized spacial score (nSPS) is 37.8. The lowest BCUT2D eigenvalue weighted by atomic mass is 10.0. The molecule has 1 unspecified atom stereocenters. The molecular weight excluding hydrogens is 172 g/mol. The van der Waals surface area contributed by atoms with Crippen LogP contribution in [0.2, 0.25) is 0 Å². The van der Waals surface area contributed by atoms with Gasteiger partial charge in [0.2, 0.25) is 0 Å². The van der Waals surface area contributed by atoms with Crippen LogP contribution in [0.15, 0.2) is 12.2 Å². The third kappa shape index (κ3) is 2.58. The van der Waals surface area contributed by atoms with Gasteiger partial charge in [-0.25, -0.2) is 0 Å². The number of rotatable bonds is 1. The van der Waals surface area contributed by atoms with Gasteiger partial charge < -0.3 is 5.73 Å². The van der Waals surface area contributed by atoms with Crippen molar-refractivity contribution in [1.29, 1.82) is 0 Å². The lowest BCUT2D eigenvalue weighted by molar-refractivity contribution is 0.261. The second-order valence-corrected chi connectivity index (χ2v) is 4.68. The molecule has 0 saturated carbocycles. The molecule has 0 aromatic carbocycles. The largest absolute Gasteiger partial charge is 0.326 e. The highest BCUT2D eigenvalue weighted by Crippen LogP contribution is 2.20. The summed E-state index contributed by atoms with van der Waals surface area (Å²) in [4.78, 5) is 2.56. The molecule has 0 bridgehead atoms. The van der Waals surface area contributed by atoms with E-state index in [1.807, 2.05) is 0 Å². The van der Waals surface area contributed by atoms with E-state index in [1.165, 1.54) is 45.1 Å². The summed E-state index contributed by atoms with van der Waals surface area (Å²) >= 11 is 0. The van der Waals surface area contributed by atoms with Crippen molar-refractivity contribution >= 4 is 0 Å². The van der Waals surface area contributed by atoms with Gasteiger partial charge in [0, 0.05) is 25.2 Å². The van der Waals surface area contributed by atoms with Crippen molar-refractivity contribution in [1.82, 2.24) is 4.90 Å². The van der Waals surface area contributed by atoms with Crippen molar-refractivity contribution in [2.24, 2.45) is 5.73 Å². The van der Waals surface area contributed by atoms with Crippen LogP contribution < -0.4 is 5.73 Å². The van der Waals surface area contributed by atoms with Crippen molar-refractivity contribution in [3.63, 3.8) is 0 Å². The first-order valence-corrected chi connectivity index (χ1v) is 6.02. The number of hydrogen-bond acceptors (Lipinski definition) is 2. The van der Waals surface area contributed by atoms with Gasteiger partial charge in [0.25, 0.3) is 0 Å². The minimum atomic E-state index is 0.425. The van der Waals surface area contributed by atoms with Gasteiger partial charge in [0.15, 0.2) is 0 Å². The number of allylic oxidation sites excluding steroid dienone is 1. The van der Waals surface area contributed by atoms with Crippen LogP contribution in [-0.4, -0.2) is 30.1 Å². The minimum Gasteiger partial charge on any atom is -0.326 e. The first kappa shape index (κ1) is 10.2. The van der Waals surface area contributed by atoms with E-state index in [-0.39, 0.29) is 0 Å². The first-order chi connectivity index (χ1) is 6.86. The predicted octanol–water partition coefficient (Wildman–Crippen LogP) is 1.91. The van der Waals surface area contributed by atoms with E-state index in [9.17, 15) is 0 Å². The highest BCUT2D eigenvalue weighted by Gasteiger charge is 2.24. The maximum absolute atomic E-state index is 5.94. The zero-order chi connectivity index (χ0) is 9.80. The maximum Gasteiger partial charge on any atom is 0.0278 e. The van der Waals surface area contributed by atoms with Crippen molar-refractivity contribution in [2.45, 2.75) is 50.6 Å². The molecule has 2 rings (SSSR count). The second kappa shape index (κ2) is 4.94. The summed E-state index contributed by atoms with van der Waals surface area (Å²) in [6.07, 6.45) is 12.7. The maximum atomic E-state index is 5.94. The second-order valence-electron chi connectivity index (χ2n) is 4.68.